The normalized spacial score (nSPS) is 11.0. The van der Waals surface area contributed by atoms with Gasteiger partial charge < -0.3 is 9.42 Å². The first-order valence-electron chi connectivity index (χ1n) is 7.58. The topological polar surface area (TPSA) is 81.2 Å². The molecule has 1 amide bonds. The Morgan fingerprint density at radius 3 is 2.62 bits per heavy atom. The standard InChI is InChI=1S/C17H18N4O3/c1-11-8-13(19-24-11)9-20(3)16(22)10-21-17(23)15-7-5-4-6-14(15)12(2)18-21/h4-8H,9-10H2,1-3H3. The van der Waals surface area contributed by atoms with E-state index in [0.717, 1.165) is 5.39 Å². The molecular formula is C17H18N4O3. The van der Waals surface area contributed by atoms with Crippen LogP contribution in [-0.2, 0) is 17.9 Å². The molecule has 2 aromatic heterocycles. The van der Waals surface area contributed by atoms with Gasteiger partial charge in [0.25, 0.3) is 5.56 Å². The number of amides is 1. The van der Waals surface area contributed by atoms with Crippen LogP contribution in [0.2, 0.25) is 0 Å². The van der Waals surface area contributed by atoms with Crippen molar-refractivity contribution < 1.29 is 9.32 Å². The minimum Gasteiger partial charge on any atom is -0.361 e. The molecule has 1 aromatic carbocycles. The molecule has 0 saturated carbocycles. The second-order valence-corrected chi connectivity index (χ2v) is 5.77. The molecule has 124 valence electrons. The Hall–Kier alpha value is -2.96. The fourth-order valence-corrected chi connectivity index (χ4v) is 2.58. The maximum Gasteiger partial charge on any atom is 0.275 e. The molecule has 0 unspecified atom stereocenters. The Kier molecular flexibility index (Phi) is 4.16. The van der Waals surface area contributed by atoms with Crippen LogP contribution >= 0.6 is 0 Å². The van der Waals surface area contributed by atoms with Crippen LogP contribution < -0.4 is 5.56 Å². The maximum atomic E-state index is 12.5. The highest BCUT2D eigenvalue weighted by Crippen LogP contribution is 2.12. The average Bonchev–Trinajstić information content (AvgIpc) is 2.97. The Morgan fingerprint density at radius 1 is 1.25 bits per heavy atom. The van der Waals surface area contributed by atoms with Gasteiger partial charge in [-0.15, -0.1) is 0 Å². The van der Waals surface area contributed by atoms with E-state index < -0.39 is 0 Å². The highest BCUT2D eigenvalue weighted by Gasteiger charge is 2.15. The molecule has 0 aliphatic carbocycles. The Bertz CT molecular complexity index is 958. The van der Waals surface area contributed by atoms with Gasteiger partial charge in [-0.1, -0.05) is 23.4 Å². The van der Waals surface area contributed by atoms with E-state index >= 15 is 0 Å². The van der Waals surface area contributed by atoms with Crippen LogP contribution in [0.3, 0.4) is 0 Å². The minimum atomic E-state index is -0.268. The van der Waals surface area contributed by atoms with Gasteiger partial charge >= 0.3 is 0 Å². The largest absolute Gasteiger partial charge is 0.361 e. The Morgan fingerprint density at radius 2 is 1.96 bits per heavy atom. The molecule has 0 fully saturated rings. The van der Waals surface area contributed by atoms with E-state index in [0.29, 0.717) is 29.1 Å². The lowest BCUT2D eigenvalue weighted by Gasteiger charge is -2.16. The number of carbonyl (C=O) groups excluding carboxylic acids is 1. The van der Waals surface area contributed by atoms with Gasteiger partial charge in [-0.05, 0) is 19.9 Å². The molecule has 0 bridgehead atoms. The fourth-order valence-electron chi connectivity index (χ4n) is 2.58. The van der Waals surface area contributed by atoms with Crippen LogP contribution in [0.15, 0.2) is 39.6 Å². The Balaban J connectivity index is 1.82. The maximum absolute atomic E-state index is 12.5. The molecule has 0 aliphatic heterocycles. The molecule has 7 nitrogen and oxygen atoms in total. The average molecular weight is 326 g/mol. The zero-order chi connectivity index (χ0) is 17.3. The van der Waals surface area contributed by atoms with E-state index in [2.05, 4.69) is 10.3 Å². The molecule has 0 N–H and O–H groups in total. The van der Waals surface area contributed by atoms with E-state index in [1.807, 2.05) is 19.1 Å². The number of aromatic nitrogens is 3. The monoisotopic (exact) mass is 326 g/mol. The summed E-state index contributed by atoms with van der Waals surface area (Å²) >= 11 is 0. The van der Waals surface area contributed by atoms with Gasteiger partial charge in [0, 0.05) is 18.5 Å². The molecule has 7 heteroatoms. The first kappa shape index (κ1) is 15.9. The summed E-state index contributed by atoms with van der Waals surface area (Å²) in [6.07, 6.45) is 0. The number of hydrogen-bond acceptors (Lipinski definition) is 5. The molecule has 2 heterocycles. The van der Waals surface area contributed by atoms with Gasteiger partial charge in [-0.3, -0.25) is 9.59 Å². The Labute approximate surface area is 138 Å². The van der Waals surface area contributed by atoms with Crippen LogP contribution in [0, 0.1) is 13.8 Å². The predicted octanol–water partition coefficient (Wildman–Crippen LogP) is 1.66. The van der Waals surface area contributed by atoms with Gasteiger partial charge in [0.2, 0.25) is 5.91 Å². The highest BCUT2D eigenvalue weighted by molar-refractivity contribution is 5.83. The number of aryl methyl sites for hydroxylation is 2. The zero-order valence-electron chi connectivity index (χ0n) is 13.8. The van der Waals surface area contributed by atoms with E-state index in [-0.39, 0.29) is 18.0 Å². The van der Waals surface area contributed by atoms with Crippen molar-refractivity contribution in [2.45, 2.75) is 26.9 Å². The van der Waals surface area contributed by atoms with E-state index in [1.165, 1.54) is 9.58 Å². The van der Waals surface area contributed by atoms with Crippen LogP contribution in [0.5, 0.6) is 0 Å². The third-order valence-corrected chi connectivity index (χ3v) is 3.84. The second-order valence-electron chi connectivity index (χ2n) is 5.77. The first-order chi connectivity index (χ1) is 11.5. The van der Waals surface area contributed by atoms with Crippen molar-refractivity contribution in [3.05, 3.63) is 57.8 Å². The minimum absolute atomic E-state index is 0.113. The number of fused-ring (bicyclic) bond motifs is 1. The third-order valence-electron chi connectivity index (χ3n) is 3.84. The SMILES string of the molecule is Cc1cc(CN(C)C(=O)Cn2nc(C)c3ccccc3c2=O)no1. The lowest BCUT2D eigenvalue weighted by atomic mass is 10.1. The molecular weight excluding hydrogens is 308 g/mol. The molecule has 0 saturated heterocycles. The predicted molar refractivity (Wildman–Crippen MR) is 88.5 cm³/mol. The number of nitrogens with zero attached hydrogens (tertiary/aromatic N) is 4. The van der Waals surface area contributed by atoms with E-state index in [4.69, 9.17) is 4.52 Å². The molecule has 0 aliphatic rings. The summed E-state index contributed by atoms with van der Waals surface area (Å²) in [4.78, 5) is 26.4. The summed E-state index contributed by atoms with van der Waals surface area (Å²) < 4.78 is 6.20. The highest BCUT2D eigenvalue weighted by atomic mass is 16.5. The van der Waals surface area contributed by atoms with Crippen LogP contribution in [0.4, 0.5) is 0 Å². The van der Waals surface area contributed by atoms with Crippen molar-refractivity contribution in [1.82, 2.24) is 19.8 Å². The summed E-state index contributed by atoms with van der Waals surface area (Å²) in [5.74, 6) is 0.467. The van der Waals surface area contributed by atoms with Crippen molar-refractivity contribution in [3.8, 4) is 0 Å². The van der Waals surface area contributed by atoms with Crippen LogP contribution in [0.1, 0.15) is 17.1 Å². The molecule has 3 aromatic rings. The first-order valence-corrected chi connectivity index (χ1v) is 7.58. The number of rotatable bonds is 4. The number of hydrogen-bond donors (Lipinski definition) is 0. The number of benzene rings is 1. The molecule has 3 rings (SSSR count). The second kappa shape index (κ2) is 6.27. The summed E-state index contributed by atoms with van der Waals surface area (Å²) in [6, 6.07) is 9.03. The van der Waals surface area contributed by atoms with Gasteiger partial charge in [0.1, 0.15) is 18.0 Å². The van der Waals surface area contributed by atoms with Gasteiger partial charge in [-0.25, -0.2) is 4.68 Å². The summed E-state index contributed by atoms with van der Waals surface area (Å²) in [6.45, 7) is 3.82. The summed E-state index contributed by atoms with van der Waals surface area (Å²) in [5.41, 5.74) is 1.11. The van der Waals surface area contributed by atoms with Gasteiger partial charge in [0.15, 0.2) is 0 Å². The summed E-state index contributed by atoms with van der Waals surface area (Å²) in [7, 11) is 1.66. The smallest absolute Gasteiger partial charge is 0.275 e. The lowest BCUT2D eigenvalue weighted by Crippen LogP contribution is -2.35. The molecule has 0 spiro atoms. The quantitative estimate of drug-likeness (QED) is 0.728. The van der Waals surface area contributed by atoms with Crippen molar-refractivity contribution >= 4 is 16.7 Å². The fraction of sp³-hybridized carbons (Fsp3) is 0.294. The third kappa shape index (κ3) is 3.05. The molecule has 0 radical (unpaired) electrons. The van der Waals surface area contributed by atoms with Crippen molar-refractivity contribution in [2.75, 3.05) is 7.05 Å². The zero-order valence-corrected chi connectivity index (χ0v) is 13.8. The van der Waals surface area contributed by atoms with Crippen molar-refractivity contribution in [1.29, 1.82) is 0 Å². The van der Waals surface area contributed by atoms with Gasteiger partial charge in [-0.2, -0.15) is 5.10 Å². The van der Waals surface area contributed by atoms with Crippen LogP contribution in [0.25, 0.3) is 10.8 Å². The van der Waals surface area contributed by atoms with Crippen molar-refractivity contribution in [3.63, 3.8) is 0 Å². The number of likely N-dealkylation sites (N-methyl/N-ethyl adjacent to an activating group) is 1. The van der Waals surface area contributed by atoms with Gasteiger partial charge in [0.05, 0.1) is 17.6 Å². The molecule has 24 heavy (non-hydrogen) atoms. The molecule has 0 atom stereocenters. The van der Waals surface area contributed by atoms with E-state index in [9.17, 15) is 9.59 Å². The van der Waals surface area contributed by atoms with Crippen LogP contribution in [-0.4, -0.2) is 32.8 Å². The van der Waals surface area contributed by atoms with Crippen molar-refractivity contribution in [2.24, 2.45) is 0 Å². The lowest BCUT2D eigenvalue weighted by molar-refractivity contribution is -0.131. The summed E-state index contributed by atoms with van der Waals surface area (Å²) in [5, 5.41) is 9.49. The number of carbonyl (C=O) groups is 1. The van der Waals surface area contributed by atoms with E-state index in [1.54, 1.807) is 32.2 Å².